The number of hydrogen-bond donors (Lipinski definition) is 1. The Hall–Kier alpha value is -3.86. The first kappa shape index (κ1) is 20.1. The lowest BCUT2D eigenvalue weighted by molar-refractivity contribution is 0.181. The van der Waals surface area contributed by atoms with E-state index in [1.807, 2.05) is 42.6 Å². The molecule has 1 N–H and O–H groups in total. The second kappa shape index (κ2) is 8.35. The lowest BCUT2D eigenvalue weighted by Gasteiger charge is -2.31. The normalized spacial score (nSPS) is 18.5. The Morgan fingerprint density at radius 2 is 2.03 bits per heavy atom. The molecular formula is C24H24N6O2. The summed E-state index contributed by atoms with van der Waals surface area (Å²) < 4.78 is 7.34. The standard InChI is InChI=1S/C24H24N6O2/c1-32-24(31)30(17-5-3-2-4-6-17)23-28-20-15-27-22-19(12-14-26-22)21(20)29(23)18-9-7-16(8-10-18)11-13-25/h2-6,12,14-16,18H,7-11H2,1H3,(H,26,27). The molecule has 1 saturated carbocycles. The summed E-state index contributed by atoms with van der Waals surface area (Å²) in [6, 6.07) is 13.9. The molecule has 1 aromatic carbocycles. The highest BCUT2D eigenvalue weighted by Crippen LogP contribution is 2.41. The third-order valence-electron chi connectivity index (χ3n) is 6.35. The number of imidazole rings is 1. The van der Waals surface area contributed by atoms with E-state index >= 15 is 0 Å². The number of carbonyl (C=O) groups excluding carboxylic acids is 1. The number of hydrogen-bond acceptors (Lipinski definition) is 5. The van der Waals surface area contributed by atoms with Crippen molar-refractivity contribution in [2.45, 2.75) is 38.1 Å². The van der Waals surface area contributed by atoms with E-state index < -0.39 is 6.09 Å². The molecule has 8 nitrogen and oxygen atoms in total. The number of para-hydroxylation sites is 1. The minimum absolute atomic E-state index is 0.154. The Kier molecular flexibility index (Phi) is 5.23. The molecule has 0 radical (unpaired) electrons. The van der Waals surface area contributed by atoms with E-state index in [1.54, 1.807) is 6.20 Å². The number of aromatic amines is 1. The van der Waals surface area contributed by atoms with Crippen molar-refractivity contribution in [3.8, 4) is 6.07 Å². The Morgan fingerprint density at radius 1 is 1.25 bits per heavy atom. The van der Waals surface area contributed by atoms with Crippen molar-refractivity contribution in [3.05, 3.63) is 48.8 Å². The zero-order valence-corrected chi connectivity index (χ0v) is 17.9. The topological polar surface area (TPSA) is 99.8 Å². The highest BCUT2D eigenvalue weighted by Gasteiger charge is 2.32. The molecule has 0 atom stereocenters. The maximum absolute atomic E-state index is 13.0. The fourth-order valence-corrected chi connectivity index (χ4v) is 4.79. The molecule has 3 aromatic heterocycles. The lowest BCUT2D eigenvalue weighted by Crippen LogP contribution is -2.30. The van der Waals surface area contributed by atoms with Crippen LogP contribution >= 0.6 is 0 Å². The van der Waals surface area contributed by atoms with Gasteiger partial charge in [0.25, 0.3) is 0 Å². The number of amides is 1. The van der Waals surface area contributed by atoms with E-state index in [0.29, 0.717) is 24.0 Å². The van der Waals surface area contributed by atoms with Gasteiger partial charge in [-0.3, -0.25) is 0 Å². The van der Waals surface area contributed by atoms with Crippen LogP contribution in [-0.2, 0) is 4.74 Å². The molecule has 4 aromatic rings. The maximum Gasteiger partial charge on any atom is 0.421 e. The third-order valence-corrected chi connectivity index (χ3v) is 6.35. The van der Waals surface area contributed by atoms with Crippen molar-refractivity contribution in [2.75, 3.05) is 12.0 Å². The number of aromatic nitrogens is 4. The van der Waals surface area contributed by atoms with Crippen LogP contribution in [0.5, 0.6) is 0 Å². The first-order valence-corrected chi connectivity index (χ1v) is 10.9. The van der Waals surface area contributed by atoms with E-state index in [9.17, 15) is 4.79 Å². The first-order valence-electron chi connectivity index (χ1n) is 10.9. The van der Waals surface area contributed by atoms with Gasteiger partial charge < -0.3 is 14.3 Å². The van der Waals surface area contributed by atoms with E-state index in [0.717, 1.165) is 47.8 Å². The number of carbonyl (C=O) groups is 1. The fourth-order valence-electron chi connectivity index (χ4n) is 4.79. The molecule has 0 unspecified atom stereocenters. The van der Waals surface area contributed by atoms with Crippen molar-refractivity contribution in [2.24, 2.45) is 5.92 Å². The van der Waals surface area contributed by atoms with Gasteiger partial charge in [-0.05, 0) is 49.8 Å². The van der Waals surface area contributed by atoms with Crippen LogP contribution in [0.1, 0.15) is 38.1 Å². The average Bonchev–Trinajstić information content (AvgIpc) is 3.45. The van der Waals surface area contributed by atoms with Gasteiger partial charge >= 0.3 is 6.09 Å². The van der Waals surface area contributed by atoms with Crippen LogP contribution in [-0.4, -0.2) is 32.7 Å². The number of nitrogens with one attached hydrogen (secondary N) is 1. The zero-order valence-electron chi connectivity index (χ0n) is 17.9. The number of nitrogens with zero attached hydrogens (tertiary/aromatic N) is 5. The minimum atomic E-state index is -0.496. The summed E-state index contributed by atoms with van der Waals surface area (Å²) in [7, 11) is 1.38. The molecule has 162 valence electrons. The number of pyridine rings is 1. The highest BCUT2D eigenvalue weighted by atomic mass is 16.5. The lowest BCUT2D eigenvalue weighted by atomic mass is 9.84. The SMILES string of the molecule is COC(=O)N(c1ccccc1)c1nc2cnc3[nH]ccc3c2n1C1CCC(CC#N)CC1. The molecule has 3 heterocycles. The van der Waals surface area contributed by atoms with Gasteiger partial charge in [-0.2, -0.15) is 5.26 Å². The van der Waals surface area contributed by atoms with Crippen molar-refractivity contribution in [1.82, 2.24) is 19.5 Å². The highest BCUT2D eigenvalue weighted by molar-refractivity contribution is 6.04. The number of H-pyrrole nitrogens is 1. The largest absolute Gasteiger partial charge is 0.452 e. The molecule has 32 heavy (non-hydrogen) atoms. The van der Waals surface area contributed by atoms with Crippen LogP contribution in [0.4, 0.5) is 16.4 Å². The molecule has 1 aliphatic carbocycles. The molecule has 0 saturated heterocycles. The van der Waals surface area contributed by atoms with Crippen LogP contribution in [0.15, 0.2) is 48.8 Å². The first-order chi connectivity index (χ1) is 15.7. The van der Waals surface area contributed by atoms with E-state index in [2.05, 4.69) is 20.6 Å². The summed E-state index contributed by atoms with van der Waals surface area (Å²) in [5.74, 6) is 0.951. The van der Waals surface area contributed by atoms with Crippen molar-refractivity contribution >= 4 is 39.8 Å². The van der Waals surface area contributed by atoms with Crippen molar-refractivity contribution < 1.29 is 9.53 Å². The van der Waals surface area contributed by atoms with Gasteiger partial charge in [0.05, 0.1) is 30.6 Å². The van der Waals surface area contributed by atoms with Crippen LogP contribution in [0, 0.1) is 17.2 Å². The molecule has 0 aliphatic heterocycles. The van der Waals surface area contributed by atoms with Crippen LogP contribution < -0.4 is 4.90 Å². The summed E-state index contributed by atoms with van der Waals surface area (Å²) in [5.41, 5.74) is 3.16. The number of rotatable bonds is 4. The second-order valence-corrected chi connectivity index (χ2v) is 8.19. The minimum Gasteiger partial charge on any atom is -0.452 e. The Balaban J connectivity index is 1.71. The molecular weight excluding hydrogens is 404 g/mol. The summed E-state index contributed by atoms with van der Waals surface area (Å²) in [6.45, 7) is 0. The predicted octanol–water partition coefficient (Wildman–Crippen LogP) is 5.46. The number of fused-ring (bicyclic) bond motifs is 3. The van der Waals surface area contributed by atoms with Gasteiger partial charge in [0.15, 0.2) is 0 Å². The Labute approximate surface area is 185 Å². The van der Waals surface area contributed by atoms with Crippen LogP contribution in [0.2, 0.25) is 0 Å². The van der Waals surface area contributed by atoms with E-state index in [1.165, 1.54) is 12.0 Å². The number of benzene rings is 1. The number of methoxy groups -OCH3 is 1. The second-order valence-electron chi connectivity index (χ2n) is 8.19. The van der Waals surface area contributed by atoms with Gasteiger partial charge in [0.1, 0.15) is 11.2 Å². The summed E-state index contributed by atoms with van der Waals surface area (Å²) in [5, 5.41) is 10.1. The van der Waals surface area contributed by atoms with Gasteiger partial charge in [-0.15, -0.1) is 0 Å². The molecule has 1 amide bonds. The van der Waals surface area contributed by atoms with E-state index in [-0.39, 0.29) is 6.04 Å². The zero-order chi connectivity index (χ0) is 22.1. The number of nitriles is 1. The van der Waals surface area contributed by atoms with Gasteiger partial charge in [0, 0.05) is 24.0 Å². The van der Waals surface area contributed by atoms with Gasteiger partial charge in [-0.1, -0.05) is 18.2 Å². The summed E-state index contributed by atoms with van der Waals surface area (Å²) >= 11 is 0. The number of ether oxygens (including phenoxy) is 1. The summed E-state index contributed by atoms with van der Waals surface area (Å²) in [4.78, 5) is 27.1. The number of anilines is 2. The predicted molar refractivity (Wildman–Crippen MR) is 122 cm³/mol. The van der Waals surface area contributed by atoms with E-state index in [4.69, 9.17) is 15.0 Å². The maximum atomic E-state index is 13.0. The van der Waals surface area contributed by atoms with Crippen LogP contribution in [0.3, 0.4) is 0 Å². The van der Waals surface area contributed by atoms with Crippen LogP contribution in [0.25, 0.3) is 22.1 Å². The Morgan fingerprint density at radius 3 is 2.75 bits per heavy atom. The quantitative estimate of drug-likeness (QED) is 0.465. The Bertz CT molecular complexity index is 1290. The molecule has 8 heteroatoms. The molecule has 0 bridgehead atoms. The van der Waals surface area contributed by atoms with Gasteiger partial charge in [-0.25, -0.2) is 19.7 Å². The monoisotopic (exact) mass is 428 g/mol. The fraction of sp³-hybridized carbons (Fsp3) is 0.333. The van der Waals surface area contributed by atoms with Gasteiger partial charge in [0.2, 0.25) is 5.95 Å². The molecule has 0 spiro atoms. The molecule has 1 aliphatic rings. The smallest absolute Gasteiger partial charge is 0.421 e. The van der Waals surface area contributed by atoms with Crippen molar-refractivity contribution in [3.63, 3.8) is 0 Å². The van der Waals surface area contributed by atoms with Crippen molar-refractivity contribution in [1.29, 1.82) is 5.26 Å². The average molecular weight is 428 g/mol. The molecule has 1 fully saturated rings. The summed E-state index contributed by atoms with van der Waals surface area (Å²) in [6.07, 6.45) is 7.50. The molecule has 5 rings (SSSR count). The third kappa shape index (κ3) is 3.36.